The minimum atomic E-state index is -0.214. The summed E-state index contributed by atoms with van der Waals surface area (Å²) in [5.74, 6) is 6.82. The van der Waals surface area contributed by atoms with E-state index in [1.165, 1.54) is 6.20 Å². The number of hydrogen-bond acceptors (Lipinski definition) is 7. The summed E-state index contributed by atoms with van der Waals surface area (Å²) in [5.41, 5.74) is 3.33. The van der Waals surface area contributed by atoms with Gasteiger partial charge in [-0.25, -0.2) is 9.50 Å². The number of carbonyl (C=O) groups is 1. The van der Waals surface area contributed by atoms with Crippen LogP contribution in [-0.2, 0) is 9.47 Å². The molecule has 0 aromatic carbocycles. The Balaban J connectivity index is 1.16. The summed E-state index contributed by atoms with van der Waals surface area (Å²) >= 11 is 0. The molecule has 0 spiro atoms. The molecule has 0 radical (unpaired) electrons. The Bertz CT molecular complexity index is 1330. The van der Waals surface area contributed by atoms with E-state index in [2.05, 4.69) is 37.1 Å². The number of rotatable bonds is 6. The van der Waals surface area contributed by atoms with Gasteiger partial charge in [0.05, 0.1) is 30.7 Å². The third-order valence-electron chi connectivity index (χ3n) is 5.80. The summed E-state index contributed by atoms with van der Waals surface area (Å²) in [7, 11) is 0. The van der Waals surface area contributed by atoms with Gasteiger partial charge in [-0.05, 0) is 42.7 Å². The molecule has 35 heavy (non-hydrogen) atoms. The molecule has 2 aliphatic rings. The van der Waals surface area contributed by atoms with E-state index in [1.54, 1.807) is 29.2 Å². The second kappa shape index (κ2) is 11.0. The number of allylic oxidation sites excluding steroid dienone is 4. The molecular formula is C26H26N6O3. The molecule has 1 aliphatic heterocycles. The summed E-state index contributed by atoms with van der Waals surface area (Å²) in [4.78, 5) is 23.6. The molecule has 1 saturated heterocycles. The molecule has 3 aromatic heterocycles. The quantitative estimate of drug-likeness (QED) is 0.552. The highest BCUT2D eigenvalue weighted by Crippen LogP contribution is 2.18. The van der Waals surface area contributed by atoms with E-state index in [9.17, 15) is 4.79 Å². The highest BCUT2D eigenvalue weighted by molar-refractivity contribution is 5.95. The van der Waals surface area contributed by atoms with Crippen LogP contribution >= 0.6 is 0 Å². The van der Waals surface area contributed by atoms with Gasteiger partial charge in [0.2, 0.25) is 0 Å². The zero-order chi connectivity index (χ0) is 23.9. The third kappa shape index (κ3) is 5.93. The topological polar surface area (TPSA) is 93.9 Å². The van der Waals surface area contributed by atoms with Gasteiger partial charge in [-0.3, -0.25) is 14.7 Å². The van der Waals surface area contributed by atoms with Crippen molar-refractivity contribution in [3.8, 4) is 11.8 Å². The average molecular weight is 471 g/mol. The van der Waals surface area contributed by atoms with Crippen molar-refractivity contribution >= 4 is 11.6 Å². The van der Waals surface area contributed by atoms with Crippen LogP contribution in [0.2, 0.25) is 0 Å². The molecule has 178 valence electrons. The standard InChI is InChI=1S/C26H26N6O3/c33-26(30-22-4-7-24(8-5-22)35-15-12-31-10-13-34-14-11-31)21-16-20(17-27-18-21)3-6-23-19-28-25-2-1-9-29-32(23)25/h1-2,4,7,9,16-19H,5,8,10-15H2,(H,30,33). The number of morpholine rings is 1. The number of amides is 1. The van der Waals surface area contributed by atoms with Crippen LogP contribution in [0.1, 0.15) is 34.5 Å². The van der Waals surface area contributed by atoms with Gasteiger partial charge < -0.3 is 14.8 Å². The summed E-state index contributed by atoms with van der Waals surface area (Å²) in [6, 6.07) is 5.41. The Morgan fingerprint density at radius 3 is 2.91 bits per heavy atom. The number of pyridine rings is 1. The predicted molar refractivity (Wildman–Crippen MR) is 129 cm³/mol. The van der Waals surface area contributed by atoms with Crippen LogP contribution in [-0.4, -0.2) is 69.8 Å². The number of nitrogens with one attached hydrogen (secondary N) is 1. The van der Waals surface area contributed by atoms with E-state index in [1.807, 2.05) is 24.3 Å². The molecule has 1 N–H and O–H groups in total. The van der Waals surface area contributed by atoms with Crippen molar-refractivity contribution in [1.82, 2.24) is 29.8 Å². The maximum absolute atomic E-state index is 12.8. The minimum absolute atomic E-state index is 0.214. The number of carbonyl (C=O) groups excluding carboxylic acids is 1. The van der Waals surface area contributed by atoms with Gasteiger partial charge in [-0.15, -0.1) is 0 Å². The highest BCUT2D eigenvalue weighted by Gasteiger charge is 2.14. The van der Waals surface area contributed by atoms with Crippen molar-refractivity contribution in [2.75, 3.05) is 39.5 Å². The lowest BCUT2D eigenvalue weighted by Gasteiger charge is -2.26. The monoisotopic (exact) mass is 470 g/mol. The van der Waals surface area contributed by atoms with Crippen LogP contribution in [0.15, 0.2) is 66.6 Å². The molecule has 9 heteroatoms. The molecule has 4 heterocycles. The van der Waals surface area contributed by atoms with E-state index in [0.29, 0.717) is 29.8 Å². The third-order valence-corrected chi connectivity index (χ3v) is 5.80. The SMILES string of the molecule is O=C(NC1=CC=C(OCCN2CCOCC2)CC1)c1cncc(C#Cc2cnc3cccnn23)c1. The smallest absolute Gasteiger partial charge is 0.257 e. The first-order chi connectivity index (χ1) is 17.2. The average Bonchev–Trinajstić information content (AvgIpc) is 3.32. The Morgan fingerprint density at radius 1 is 1.14 bits per heavy atom. The number of ether oxygens (including phenoxy) is 2. The first-order valence-electron chi connectivity index (χ1n) is 11.6. The van der Waals surface area contributed by atoms with E-state index in [-0.39, 0.29) is 5.91 Å². The van der Waals surface area contributed by atoms with E-state index < -0.39 is 0 Å². The molecule has 0 atom stereocenters. The summed E-state index contributed by atoms with van der Waals surface area (Å²) in [6.45, 7) is 5.05. The van der Waals surface area contributed by atoms with Gasteiger partial charge in [0.15, 0.2) is 5.65 Å². The Kier molecular flexibility index (Phi) is 7.13. The number of nitrogens with zero attached hydrogens (tertiary/aromatic N) is 5. The molecular weight excluding hydrogens is 444 g/mol. The first kappa shape index (κ1) is 22.8. The van der Waals surface area contributed by atoms with Crippen LogP contribution in [0.3, 0.4) is 0 Å². The largest absolute Gasteiger partial charge is 0.497 e. The van der Waals surface area contributed by atoms with Gasteiger partial charge in [-0.1, -0.05) is 5.92 Å². The number of fused-ring (bicyclic) bond motifs is 1. The van der Waals surface area contributed by atoms with Crippen molar-refractivity contribution in [1.29, 1.82) is 0 Å². The minimum Gasteiger partial charge on any atom is -0.497 e. The fourth-order valence-corrected chi connectivity index (χ4v) is 3.87. The van der Waals surface area contributed by atoms with Crippen molar-refractivity contribution in [3.05, 3.63) is 83.4 Å². The van der Waals surface area contributed by atoms with Gasteiger partial charge in [-0.2, -0.15) is 5.10 Å². The van der Waals surface area contributed by atoms with Crippen LogP contribution in [0, 0.1) is 11.8 Å². The molecule has 1 aliphatic carbocycles. The summed E-state index contributed by atoms with van der Waals surface area (Å²) in [5, 5.41) is 7.22. The fourth-order valence-electron chi connectivity index (χ4n) is 3.87. The van der Waals surface area contributed by atoms with Gasteiger partial charge in [0.1, 0.15) is 12.3 Å². The van der Waals surface area contributed by atoms with Crippen molar-refractivity contribution < 1.29 is 14.3 Å². The maximum atomic E-state index is 12.8. The zero-order valence-electron chi connectivity index (χ0n) is 19.3. The van der Waals surface area contributed by atoms with Crippen molar-refractivity contribution in [3.63, 3.8) is 0 Å². The molecule has 5 rings (SSSR count). The maximum Gasteiger partial charge on any atom is 0.257 e. The lowest BCUT2D eigenvalue weighted by atomic mass is 10.1. The Labute approximate surface area is 203 Å². The second-order valence-corrected chi connectivity index (χ2v) is 8.23. The molecule has 0 unspecified atom stereocenters. The van der Waals surface area contributed by atoms with Gasteiger partial charge in [0, 0.05) is 55.9 Å². The normalized spacial score (nSPS) is 16.1. The van der Waals surface area contributed by atoms with Crippen LogP contribution in [0.5, 0.6) is 0 Å². The van der Waals surface area contributed by atoms with E-state index in [4.69, 9.17) is 9.47 Å². The Hall–Kier alpha value is -4.00. The van der Waals surface area contributed by atoms with Crippen molar-refractivity contribution in [2.45, 2.75) is 12.8 Å². The van der Waals surface area contributed by atoms with Crippen LogP contribution in [0.25, 0.3) is 5.65 Å². The lowest BCUT2D eigenvalue weighted by Crippen LogP contribution is -2.38. The van der Waals surface area contributed by atoms with Crippen molar-refractivity contribution in [2.24, 2.45) is 0 Å². The highest BCUT2D eigenvalue weighted by atomic mass is 16.5. The van der Waals surface area contributed by atoms with Crippen LogP contribution in [0.4, 0.5) is 0 Å². The molecule has 9 nitrogen and oxygen atoms in total. The number of imidazole rings is 1. The fraction of sp³-hybridized carbons (Fsp3) is 0.308. The molecule has 3 aromatic rings. The zero-order valence-corrected chi connectivity index (χ0v) is 19.3. The number of aromatic nitrogens is 4. The molecule has 0 saturated carbocycles. The lowest BCUT2D eigenvalue weighted by molar-refractivity contribution is 0.0270. The molecule has 1 amide bonds. The molecule has 1 fully saturated rings. The van der Waals surface area contributed by atoms with E-state index >= 15 is 0 Å². The van der Waals surface area contributed by atoms with Gasteiger partial charge in [0.25, 0.3) is 5.91 Å². The second-order valence-electron chi connectivity index (χ2n) is 8.23. The molecule has 0 bridgehead atoms. The van der Waals surface area contributed by atoms with Gasteiger partial charge >= 0.3 is 0 Å². The number of hydrogen-bond donors (Lipinski definition) is 1. The first-order valence-corrected chi connectivity index (χ1v) is 11.6. The summed E-state index contributed by atoms with van der Waals surface area (Å²) in [6.07, 6.45) is 11.8. The predicted octanol–water partition coefficient (Wildman–Crippen LogP) is 2.16. The van der Waals surface area contributed by atoms with Crippen LogP contribution < -0.4 is 5.32 Å². The van der Waals surface area contributed by atoms with E-state index in [0.717, 1.165) is 56.4 Å². The summed E-state index contributed by atoms with van der Waals surface area (Å²) < 4.78 is 12.9. The Morgan fingerprint density at radius 2 is 2.06 bits per heavy atom.